The molecule has 3 nitrogen and oxygen atoms in total. The van der Waals surface area contributed by atoms with Crippen LogP contribution in [0.25, 0.3) is 0 Å². The zero-order valence-corrected chi connectivity index (χ0v) is 8.42. The highest BCUT2D eigenvalue weighted by atomic mass is 16.3. The Hall–Kier alpha value is -0.120. The van der Waals surface area contributed by atoms with Crippen molar-refractivity contribution < 1.29 is 5.11 Å². The van der Waals surface area contributed by atoms with E-state index in [1.165, 1.54) is 13.0 Å². The van der Waals surface area contributed by atoms with Crippen LogP contribution in [0, 0.1) is 0 Å². The van der Waals surface area contributed by atoms with Crippen LogP contribution in [-0.2, 0) is 0 Å². The van der Waals surface area contributed by atoms with E-state index in [9.17, 15) is 5.11 Å². The van der Waals surface area contributed by atoms with Crippen molar-refractivity contribution in [1.82, 2.24) is 10.2 Å². The SMILES string of the molecule is CC1(O)CCCN([C@H]2CCNC2)C1. The number of hydrogen-bond acceptors (Lipinski definition) is 3. The van der Waals surface area contributed by atoms with Crippen LogP contribution >= 0.6 is 0 Å². The lowest BCUT2D eigenvalue weighted by molar-refractivity contribution is -0.0273. The highest BCUT2D eigenvalue weighted by Crippen LogP contribution is 2.23. The van der Waals surface area contributed by atoms with Gasteiger partial charge in [0.25, 0.3) is 0 Å². The van der Waals surface area contributed by atoms with Gasteiger partial charge in [-0.1, -0.05) is 0 Å². The van der Waals surface area contributed by atoms with Gasteiger partial charge in [-0.25, -0.2) is 0 Å². The second kappa shape index (κ2) is 3.56. The van der Waals surface area contributed by atoms with Gasteiger partial charge in [0, 0.05) is 19.1 Å². The maximum Gasteiger partial charge on any atom is 0.0746 e. The Balaban J connectivity index is 1.91. The summed E-state index contributed by atoms with van der Waals surface area (Å²) >= 11 is 0. The first-order valence-electron chi connectivity index (χ1n) is 5.34. The van der Waals surface area contributed by atoms with Gasteiger partial charge in [-0.15, -0.1) is 0 Å². The van der Waals surface area contributed by atoms with E-state index >= 15 is 0 Å². The van der Waals surface area contributed by atoms with Gasteiger partial charge < -0.3 is 10.4 Å². The van der Waals surface area contributed by atoms with Crippen LogP contribution in [0.1, 0.15) is 26.2 Å². The van der Waals surface area contributed by atoms with E-state index in [-0.39, 0.29) is 0 Å². The Morgan fingerprint density at radius 2 is 2.38 bits per heavy atom. The minimum atomic E-state index is -0.444. The number of β-amino-alcohol motifs (C(OH)–C–C–N with tert-alkyl or cyclic N) is 1. The van der Waals surface area contributed by atoms with Crippen LogP contribution in [0.2, 0.25) is 0 Å². The summed E-state index contributed by atoms with van der Waals surface area (Å²) < 4.78 is 0. The van der Waals surface area contributed by atoms with Crippen molar-refractivity contribution in [2.75, 3.05) is 26.2 Å². The molecule has 3 heteroatoms. The van der Waals surface area contributed by atoms with Crippen molar-refractivity contribution >= 4 is 0 Å². The molecule has 2 aliphatic heterocycles. The third-order valence-electron chi connectivity index (χ3n) is 3.26. The fourth-order valence-electron chi connectivity index (χ4n) is 2.52. The lowest BCUT2D eigenvalue weighted by Gasteiger charge is -2.39. The molecule has 0 saturated carbocycles. The van der Waals surface area contributed by atoms with Crippen LogP contribution in [-0.4, -0.2) is 47.8 Å². The Morgan fingerprint density at radius 1 is 1.54 bits per heavy atom. The number of nitrogens with zero attached hydrogens (tertiary/aromatic N) is 1. The van der Waals surface area contributed by atoms with E-state index in [1.54, 1.807) is 0 Å². The maximum atomic E-state index is 9.94. The third-order valence-corrected chi connectivity index (χ3v) is 3.26. The van der Waals surface area contributed by atoms with Crippen LogP contribution < -0.4 is 5.32 Å². The fraction of sp³-hybridized carbons (Fsp3) is 1.00. The predicted molar refractivity (Wildman–Crippen MR) is 52.7 cm³/mol. The normalized spacial score (nSPS) is 42.5. The Morgan fingerprint density at radius 3 is 3.00 bits per heavy atom. The summed E-state index contributed by atoms with van der Waals surface area (Å²) in [6.45, 7) is 6.24. The van der Waals surface area contributed by atoms with E-state index in [2.05, 4.69) is 10.2 Å². The van der Waals surface area contributed by atoms with Gasteiger partial charge in [-0.05, 0) is 39.3 Å². The van der Waals surface area contributed by atoms with Crippen molar-refractivity contribution in [3.05, 3.63) is 0 Å². The number of nitrogens with one attached hydrogen (secondary N) is 1. The second-order valence-corrected chi connectivity index (χ2v) is 4.72. The molecular weight excluding hydrogens is 164 g/mol. The topological polar surface area (TPSA) is 35.5 Å². The molecule has 76 valence electrons. The van der Waals surface area contributed by atoms with Crippen LogP contribution in [0.15, 0.2) is 0 Å². The number of aliphatic hydroxyl groups is 1. The Labute approximate surface area is 80.1 Å². The summed E-state index contributed by atoms with van der Waals surface area (Å²) in [7, 11) is 0. The Bertz CT molecular complexity index is 176. The molecule has 0 spiro atoms. The zero-order valence-electron chi connectivity index (χ0n) is 8.42. The van der Waals surface area contributed by atoms with E-state index < -0.39 is 5.60 Å². The second-order valence-electron chi connectivity index (χ2n) is 4.72. The van der Waals surface area contributed by atoms with E-state index in [1.807, 2.05) is 6.92 Å². The summed E-state index contributed by atoms with van der Waals surface area (Å²) in [6.07, 6.45) is 3.35. The molecule has 1 unspecified atom stereocenters. The van der Waals surface area contributed by atoms with Crippen molar-refractivity contribution in [3.8, 4) is 0 Å². The highest BCUT2D eigenvalue weighted by Gasteiger charge is 2.32. The van der Waals surface area contributed by atoms with Gasteiger partial charge in [0.15, 0.2) is 0 Å². The van der Waals surface area contributed by atoms with Gasteiger partial charge in [-0.3, -0.25) is 4.90 Å². The molecule has 2 atom stereocenters. The average molecular weight is 184 g/mol. The van der Waals surface area contributed by atoms with E-state index in [0.717, 1.165) is 32.5 Å². The van der Waals surface area contributed by atoms with E-state index in [4.69, 9.17) is 0 Å². The molecule has 0 aromatic carbocycles. The molecule has 0 aromatic rings. The minimum absolute atomic E-state index is 0.444. The molecule has 2 N–H and O–H groups in total. The van der Waals surface area contributed by atoms with Crippen molar-refractivity contribution in [2.45, 2.75) is 37.8 Å². The molecule has 2 saturated heterocycles. The first kappa shape index (κ1) is 9.44. The quantitative estimate of drug-likeness (QED) is 0.611. The van der Waals surface area contributed by atoms with Gasteiger partial charge in [-0.2, -0.15) is 0 Å². The monoisotopic (exact) mass is 184 g/mol. The molecule has 2 heterocycles. The number of hydrogen-bond donors (Lipinski definition) is 2. The van der Waals surface area contributed by atoms with Crippen molar-refractivity contribution in [3.63, 3.8) is 0 Å². The van der Waals surface area contributed by atoms with Crippen LogP contribution in [0.5, 0.6) is 0 Å². The molecule has 13 heavy (non-hydrogen) atoms. The summed E-state index contributed by atoms with van der Waals surface area (Å²) in [5.41, 5.74) is -0.444. The molecule has 2 aliphatic rings. The molecule has 0 aliphatic carbocycles. The molecule has 2 rings (SSSR count). The lowest BCUT2D eigenvalue weighted by atomic mass is 9.94. The third kappa shape index (κ3) is 2.22. The summed E-state index contributed by atoms with van der Waals surface area (Å²) in [4.78, 5) is 2.45. The maximum absolute atomic E-state index is 9.94. The average Bonchev–Trinajstić information content (AvgIpc) is 2.53. The number of piperidine rings is 1. The fourth-order valence-corrected chi connectivity index (χ4v) is 2.52. The molecule has 0 amide bonds. The standard InChI is InChI=1S/C10H20N2O/c1-10(13)4-2-6-12(8-10)9-3-5-11-7-9/h9,11,13H,2-8H2,1H3/t9-,10?/m0/s1. The van der Waals surface area contributed by atoms with Gasteiger partial charge >= 0.3 is 0 Å². The zero-order chi connectivity index (χ0) is 9.31. The number of rotatable bonds is 1. The van der Waals surface area contributed by atoms with Crippen LogP contribution in [0.4, 0.5) is 0 Å². The smallest absolute Gasteiger partial charge is 0.0746 e. The summed E-state index contributed by atoms with van der Waals surface area (Å²) in [6, 6.07) is 0.673. The van der Waals surface area contributed by atoms with Crippen LogP contribution in [0.3, 0.4) is 0 Å². The molecular formula is C10H20N2O. The first-order valence-corrected chi connectivity index (χ1v) is 5.34. The van der Waals surface area contributed by atoms with Crippen molar-refractivity contribution in [2.24, 2.45) is 0 Å². The predicted octanol–water partition coefficient (Wildman–Crippen LogP) is 0.195. The van der Waals surface area contributed by atoms with Gasteiger partial charge in [0.1, 0.15) is 0 Å². The van der Waals surface area contributed by atoms with Crippen molar-refractivity contribution in [1.29, 1.82) is 0 Å². The summed E-state index contributed by atoms with van der Waals surface area (Å²) in [5, 5.41) is 13.3. The Kier molecular flexibility index (Phi) is 2.58. The van der Waals surface area contributed by atoms with Gasteiger partial charge in [0.2, 0.25) is 0 Å². The lowest BCUT2D eigenvalue weighted by Crippen LogP contribution is -2.50. The minimum Gasteiger partial charge on any atom is -0.389 e. The number of likely N-dealkylation sites (tertiary alicyclic amines) is 1. The summed E-state index contributed by atoms with van der Waals surface area (Å²) in [5.74, 6) is 0. The van der Waals surface area contributed by atoms with E-state index in [0.29, 0.717) is 6.04 Å². The van der Waals surface area contributed by atoms with Gasteiger partial charge in [0.05, 0.1) is 5.60 Å². The largest absolute Gasteiger partial charge is 0.389 e. The highest BCUT2D eigenvalue weighted by molar-refractivity contribution is 4.89. The molecule has 0 aromatic heterocycles. The first-order chi connectivity index (χ1) is 6.17. The molecule has 2 fully saturated rings. The molecule has 0 bridgehead atoms. The molecule has 0 radical (unpaired) electrons.